The lowest BCUT2D eigenvalue weighted by atomic mass is 10.1. The summed E-state index contributed by atoms with van der Waals surface area (Å²) in [5.41, 5.74) is 1.79. The Labute approximate surface area is 144 Å². The molecule has 0 atom stereocenters. The zero-order valence-corrected chi connectivity index (χ0v) is 14.5. The minimum Gasteiger partial charge on any atom is -0.354 e. The molecule has 0 saturated carbocycles. The third-order valence-electron chi connectivity index (χ3n) is 3.38. The van der Waals surface area contributed by atoms with Crippen molar-refractivity contribution < 1.29 is 9.59 Å². The van der Waals surface area contributed by atoms with E-state index in [1.165, 1.54) is 6.92 Å². The van der Waals surface area contributed by atoms with Gasteiger partial charge in [0.05, 0.1) is 6.42 Å². The van der Waals surface area contributed by atoms with E-state index in [0.29, 0.717) is 19.5 Å². The molecular weight excluding hydrogens is 356 g/mol. The van der Waals surface area contributed by atoms with Gasteiger partial charge in [0.15, 0.2) is 0 Å². The van der Waals surface area contributed by atoms with Gasteiger partial charge in [-0.1, -0.05) is 46.3 Å². The molecular formula is C18H19BrN2O2. The number of carbonyl (C=O) groups excluding carboxylic acids is 2. The number of amides is 2. The first-order valence-corrected chi connectivity index (χ1v) is 8.20. The van der Waals surface area contributed by atoms with E-state index >= 15 is 0 Å². The summed E-state index contributed by atoms with van der Waals surface area (Å²) in [6.45, 7) is 2.39. The van der Waals surface area contributed by atoms with Crippen LogP contribution in [0.15, 0.2) is 59.1 Å². The molecule has 120 valence electrons. The second-order valence-electron chi connectivity index (χ2n) is 5.16. The van der Waals surface area contributed by atoms with E-state index in [9.17, 15) is 9.59 Å². The molecule has 2 aromatic carbocycles. The molecule has 0 aliphatic carbocycles. The molecule has 23 heavy (non-hydrogen) atoms. The van der Waals surface area contributed by atoms with Crippen LogP contribution in [0.4, 0.5) is 5.69 Å². The Balaban J connectivity index is 1.84. The molecule has 0 bridgehead atoms. The van der Waals surface area contributed by atoms with E-state index in [4.69, 9.17) is 0 Å². The molecule has 0 fully saturated rings. The average molecular weight is 375 g/mol. The summed E-state index contributed by atoms with van der Waals surface area (Å²) in [6, 6.07) is 17.1. The SMILES string of the molecule is CC(=O)N(CCNC(=O)Cc1ccc(Br)cc1)c1ccccc1. The highest BCUT2D eigenvalue weighted by atomic mass is 79.9. The fourth-order valence-electron chi connectivity index (χ4n) is 2.23. The highest BCUT2D eigenvalue weighted by molar-refractivity contribution is 9.10. The van der Waals surface area contributed by atoms with Gasteiger partial charge in [-0.15, -0.1) is 0 Å². The van der Waals surface area contributed by atoms with Crippen LogP contribution in [0.2, 0.25) is 0 Å². The van der Waals surface area contributed by atoms with Crippen LogP contribution in [0.5, 0.6) is 0 Å². The van der Waals surface area contributed by atoms with Crippen LogP contribution in [-0.4, -0.2) is 24.9 Å². The summed E-state index contributed by atoms with van der Waals surface area (Å²) in [6.07, 6.45) is 0.332. The molecule has 2 amide bonds. The van der Waals surface area contributed by atoms with Gasteiger partial charge in [-0.25, -0.2) is 0 Å². The number of halogens is 1. The summed E-state index contributed by atoms with van der Waals surface area (Å²) in [7, 11) is 0. The van der Waals surface area contributed by atoms with Crippen LogP contribution in [0.3, 0.4) is 0 Å². The minimum absolute atomic E-state index is 0.0432. The molecule has 2 rings (SSSR count). The van der Waals surface area contributed by atoms with Gasteiger partial charge in [0, 0.05) is 30.2 Å². The monoisotopic (exact) mass is 374 g/mol. The van der Waals surface area contributed by atoms with Crippen molar-refractivity contribution in [2.24, 2.45) is 0 Å². The lowest BCUT2D eigenvalue weighted by Gasteiger charge is -2.21. The number of nitrogens with zero attached hydrogens (tertiary/aromatic N) is 1. The maximum absolute atomic E-state index is 12.0. The second-order valence-corrected chi connectivity index (χ2v) is 6.08. The normalized spacial score (nSPS) is 10.2. The van der Waals surface area contributed by atoms with E-state index in [1.807, 2.05) is 54.6 Å². The van der Waals surface area contributed by atoms with Crippen LogP contribution in [0, 0.1) is 0 Å². The maximum Gasteiger partial charge on any atom is 0.224 e. The Kier molecular flexibility index (Phi) is 6.35. The van der Waals surface area contributed by atoms with Crippen molar-refractivity contribution in [1.29, 1.82) is 0 Å². The average Bonchev–Trinajstić information content (AvgIpc) is 2.54. The third kappa shape index (κ3) is 5.53. The standard InChI is InChI=1S/C18H19BrN2O2/c1-14(22)21(17-5-3-2-4-6-17)12-11-20-18(23)13-15-7-9-16(19)10-8-15/h2-10H,11-13H2,1H3,(H,20,23). The topological polar surface area (TPSA) is 49.4 Å². The van der Waals surface area contributed by atoms with Gasteiger partial charge in [-0.2, -0.15) is 0 Å². The molecule has 0 aliphatic heterocycles. The van der Waals surface area contributed by atoms with Gasteiger partial charge in [-0.3, -0.25) is 9.59 Å². The Morgan fingerprint density at radius 3 is 2.30 bits per heavy atom. The molecule has 0 aromatic heterocycles. The number of rotatable bonds is 6. The molecule has 0 aliphatic rings. The molecule has 0 radical (unpaired) electrons. The van der Waals surface area contributed by atoms with E-state index in [1.54, 1.807) is 4.90 Å². The number of carbonyl (C=O) groups is 2. The van der Waals surface area contributed by atoms with Gasteiger partial charge >= 0.3 is 0 Å². The highest BCUT2D eigenvalue weighted by Crippen LogP contribution is 2.13. The van der Waals surface area contributed by atoms with Gasteiger partial charge in [-0.05, 0) is 29.8 Å². The fourth-order valence-corrected chi connectivity index (χ4v) is 2.50. The molecule has 0 saturated heterocycles. The van der Waals surface area contributed by atoms with Crippen LogP contribution in [0.1, 0.15) is 12.5 Å². The Morgan fingerprint density at radius 2 is 1.70 bits per heavy atom. The van der Waals surface area contributed by atoms with Crippen LogP contribution < -0.4 is 10.2 Å². The zero-order chi connectivity index (χ0) is 16.7. The van der Waals surface area contributed by atoms with Crippen molar-refractivity contribution in [3.8, 4) is 0 Å². The van der Waals surface area contributed by atoms with Crippen LogP contribution in [-0.2, 0) is 16.0 Å². The van der Waals surface area contributed by atoms with Gasteiger partial charge in [0.1, 0.15) is 0 Å². The van der Waals surface area contributed by atoms with Gasteiger partial charge in [0.25, 0.3) is 0 Å². The number of hydrogen-bond acceptors (Lipinski definition) is 2. The van der Waals surface area contributed by atoms with Crippen molar-refractivity contribution in [2.45, 2.75) is 13.3 Å². The van der Waals surface area contributed by atoms with Crippen LogP contribution >= 0.6 is 15.9 Å². The number of hydrogen-bond donors (Lipinski definition) is 1. The molecule has 0 heterocycles. The van der Waals surface area contributed by atoms with E-state index < -0.39 is 0 Å². The first kappa shape index (κ1) is 17.2. The van der Waals surface area contributed by atoms with E-state index in [-0.39, 0.29) is 11.8 Å². The first-order chi connectivity index (χ1) is 11.1. The smallest absolute Gasteiger partial charge is 0.224 e. The van der Waals surface area contributed by atoms with Crippen molar-refractivity contribution in [1.82, 2.24) is 5.32 Å². The molecule has 1 N–H and O–H groups in total. The third-order valence-corrected chi connectivity index (χ3v) is 3.91. The molecule has 0 unspecified atom stereocenters. The van der Waals surface area contributed by atoms with Crippen molar-refractivity contribution in [3.63, 3.8) is 0 Å². The quantitative estimate of drug-likeness (QED) is 0.843. The predicted octanol–water partition coefficient (Wildman–Crippen LogP) is 3.16. The van der Waals surface area contributed by atoms with Gasteiger partial charge in [0.2, 0.25) is 11.8 Å². The van der Waals surface area contributed by atoms with Crippen molar-refractivity contribution in [3.05, 3.63) is 64.6 Å². The Morgan fingerprint density at radius 1 is 1.04 bits per heavy atom. The van der Waals surface area contributed by atoms with Gasteiger partial charge < -0.3 is 10.2 Å². The Hall–Kier alpha value is -2.14. The summed E-state index contributed by atoms with van der Waals surface area (Å²) in [5.74, 6) is -0.0951. The highest BCUT2D eigenvalue weighted by Gasteiger charge is 2.11. The van der Waals surface area contributed by atoms with Crippen molar-refractivity contribution in [2.75, 3.05) is 18.0 Å². The summed E-state index contributed by atoms with van der Waals surface area (Å²) >= 11 is 3.37. The van der Waals surface area contributed by atoms with E-state index in [0.717, 1.165) is 15.7 Å². The summed E-state index contributed by atoms with van der Waals surface area (Å²) < 4.78 is 0.988. The lowest BCUT2D eigenvalue weighted by Crippen LogP contribution is -2.38. The number of anilines is 1. The molecule has 5 heteroatoms. The fraction of sp³-hybridized carbons (Fsp3) is 0.222. The zero-order valence-electron chi connectivity index (χ0n) is 13.0. The number of para-hydroxylation sites is 1. The number of nitrogens with one attached hydrogen (secondary N) is 1. The second kappa shape index (κ2) is 8.48. The molecule has 2 aromatic rings. The summed E-state index contributed by atoms with van der Waals surface area (Å²) in [4.78, 5) is 25.4. The van der Waals surface area contributed by atoms with Crippen molar-refractivity contribution >= 4 is 33.4 Å². The minimum atomic E-state index is -0.0520. The molecule has 0 spiro atoms. The predicted molar refractivity (Wildman–Crippen MR) is 95.3 cm³/mol. The summed E-state index contributed by atoms with van der Waals surface area (Å²) in [5, 5.41) is 2.86. The Bertz CT molecular complexity index is 656. The largest absolute Gasteiger partial charge is 0.354 e. The maximum atomic E-state index is 12.0. The lowest BCUT2D eigenvalue weighted by molar-refractivity contribution is -0.121. The first-order valence-electron chi connectivity index (χ1n) is 7.40. The number of benzene rings is 2. The molecule has 4 nitrogen and oxygen atoms in total. The van der Waals surface area contributed by atoms with E-state index in [2.05, 4.69) is 21.2 Å². The van der Waals surface area contributed by atoms with Crippen LogP contribution in [0.25, 0.3) is 0 Å².